The van der Waals surface area contributed by atoms with Gasteiger partial charge in [0.25, 0.3) is 0 Å². The molecule has 2 heterocycles. The van der Waals surface area contributed by atoms with Crippen LogP contribution >= 0.6 is 11.3 Å². The Morgan fingerprint density at radius 1 is 1.63 bits per heavy atom. The highest BCUT2D eigenvalue weighted by atomic mass is 32.1. The van der Waals surface area contributed by atoms with E-state index in [0.29, 0.717) is 18.4 Å². The van der Waals surface area contributed by atoms with Gasteiger partial charge >= 0.3 is 0 Å². The molecule has 1 aliphatic heterocycles. The van der Waals surface area contributed by atoms with Gasteiger partial charge in [-0.2, -0.15) is 0 Å². The van der Waals surface area contributed by atoms with E-state index in [0.717, 1.165) is 32.4 Å². The molecule has 1 amide bonds. The van der Waals surface area contributed by atoms with E-state index in [9.17, 15) is 4.79 Å². The summed E-state index contributed by atoms with van der Waals surface area (Å²) in [4.78, 5) is 18.8. The second-order valence-corrected chi connectivity index (χ2v) is 6.26. The minimum absolute atomic E-state index is 0.120. The Morgan fingerprint density at radius 2 is 2.53 bits per heavy atom. The van der Waals surface area contributed by atoms with Crippen LogP contribution in [0.1, 0.15) is 37.1 Å². The van der Waals surface area contributed by atoms with E-state index >= 15 is 0 Å². The van der Waals surface area contributed by atoms with E-state index in [1.165, 1.54) is 5.01 Å². The van der Waals surface area contributed by atoms with E-state index in [-0.39, 0.29) is 12.0 Å². The summed E-state index contributed by atoms with van der Waals surface area (Å²) in [6, 6.07) is 0. The van der Waals surface area contributed by atoms with Crippen LogP contribution in [0, 0.1) is 5.92 Å². The fourth-order valence-corrected chi connectivity index (χ4v) is 3.65. The lowest BCUT2D eigenvalue weighted by molar-refractivity contribution is -0.134. The smallest absolute Gasteiger partial charge is 0.228 e. The molecular weight excluding hydrogens is 260 g/mol. The molecule has 2 fully saturated rings. The normalized spacial score (nSPS) is 30.4. The first kappa shape index (κ1) is 13.1. The topological polar surface area (TPSA) is 42.4 Å². The summed E-state index contributed by atoms with van der Waals surface area (Å²) in [5.74, 6) is 0.844. The van der Waals surface area contributed by atoms with Gasteiger partial charge in [0, 0.05) is 37.2 Å². The summed E-state index contributed by atoms with van der Waals surface area (Å²) in [5, 5.41) is 3.19. The number of aromatic nitrogens is 1. The van der Waals surface area contributed by atoms with Gasteiger partial charge in [-0.05, 0) is 26.2 Å². The summed E-state index contributed by atoms with van der Waals surface area (Å²) >= 11 is 1.70. The second-order valence-electron chi connectivity index (χ2n) is 5.33. The number of nitrogens with zero attached hydrogens (tertiary/aromatic N) is 2. The molecule has 5 heteroatoms. The number of thiazole rings is 1. The molecule has 3 unspecified atom stereocenters. The molecular formula is C14H20N2O2S. The molecule has 1 aromatic rings. The highest BCUT2D eigenvalue weighted by Crippen LogP contribution is 2.37. The number of ether oxygens (including phenoxy) is 1. The Labute approximate surface area is 117 Å². The molecule has 0 spiro atoms. The highest BCUT2D eigenvalue weighted by Gasteiger charge is 2.46. The lowest BCUT2D eigenvalue weighted by Crippen LogP contribution is -2.40. The van der Waals surface area contributed by atoms with Gasteiger partial charge < -0.3 is 9.64 Å². The fourth-order valence-electron chi connectivity index (χ4n) is 2.88. The van der Waals surface area contributed by atoms with Gasteiger partial charge in [0.05, 0.1) is 17.0 Å². The van der Waals surface area contributed by atoms with Crippen molar-refractivity contribution in [2.75, 3.05) is 19.7 Å². The Balaban J connectivity index is 1.58. The van der Waals surface area contributed by atoms with Gasteiger partial charge in [-0.25, -0.2) is 4.98 Å². The summed E-state index contributed by atoms with van der Waals surface area (Å²) in [6.45, 7) is 4.42. The molecule has 1 aromatic heterocycles. The van der Waals surface area contributed by atoms with Crippen LogP contribution in [0.3, 0.4) is 0 Å². The molecule has 104 valence electrons. The van der Waals surface area contributed by atoms with Crippen molar-refractivity contribution in [3.05, 3.63) is 16.6 Å². The van der Waals surface area contributed by atoms with E-state index in [4.69, 9.17) is 4.74 Å². The van der Waals surface area contributed by atoms with Crippen LogP contribution in [0.15, 0.2) is 11.6 Å². The number of amides is 1. The van der Waals surface area contributed by atoms with Gasteiger partial charge in [0.15, 0.2) is 0 Å². The van der Waals surface area contributed by atoms with Crippen molar-refractivity contribution >= 4 is 17.2 Å². The Morgan fingerprint density at radius 3 is 3.26 bits per heavy atom. The molecule has 1 aliphatic carbocycles. The third kappa shape index (κ3) is 2.82. The number of carbonyl (C=O) groups excluding carboxylic acids is 1. The fraction of sp³-hybridized carbons (Fsp3) is 0.714. The number of piperidine rings is 1. The Hall–Kier alpha value is -0.940. The minimum atomic E-state index is 0.120. The van der Waals surface area contributed by atoms with Crippen molar-refractivity contribution in [2.45, 2.75) is 38.2 Å². The predicted molar refractivity (Wildman–Crippen MR) is 74.2 cm³/mol. The molecule has 3 atom stereocenters. The van der Waals surface area contributed by atoms with Crippen molar-refractivity contribution in [3.8, 4) is 0 Å². The SMILES string of the molecule is CCOC1CC1C(=O)N1CCCC(c2nccs2)C1. The molecule has 0 aromatic carbocycles. The average Bonchev–Trinajstić information content (AvgIpc) is 3.00. The maximum atomic E-state index is 12.4. The molecule has 3 rings (SSSR count). The summed E-state index contributed by atoms with van der Waals surface area (Å²) in [7, 11) is 0. The number of rotatable bonds is 4. The first-order chi connectivity index (χ1) is 9.29. The van der Waals surface area contributed by atoms with E-state index in [1.54, 1.807) is 11.3 Å². The monoisotopic (exact) mass is 280 g/mol. The van der Waals surface area contributed by atoms with Gasteiger partial charge in [0.1, 0.15) is 0 Å². The van der Waals surface area contributed by atoms with Crippen LogP contribution in [0.4, 0.5) is 0 Å². The van der Waals surface area contributed by atoms with E-state index in [1.807, 2.05) is 23.4 Å². The van der Waals surface area contributed by atoms with Crippen molar-refractivity contribution < 1.29 is 9.53 Å². The van der Waals surface area contributed by atoms with Crippen LogP contribution in [0.5, 0.6) is 0 Å². The van der Waals surface area contributed by atoms with Gasteiger partial charge in [0.2, 0.25) is 5.91 Å². The van der Waals surface area contributed by atoms with Crippen LogP contribution < -0.4 is 0 Å². The number of carbonyl (C=O) groups is 1. The Kier molecular flexibility index (Phi) is 3.84. The van der Waals surface area contributed by atoms with E-state index < -0.39 is 0 Å². The molecule has 0 N–H and O–H groups in total. The predicted octanol–water partition coefficient (Wildman–Crippen LogP) is 2.27. The molecule has 0 bridgehead atoms. The largest absolute Gasteiger partial charge is 0.378 e. The van der Waals surface area contributed by atoms with Crippen molar-refractivity contribution in [2.24, 2.45) is 5.92 Å². The van der Waals surface area contributed by atoms with Crippen molar-refractivity contribution in [1.82, 2.24) is 9.88 Å². The first-order valence-electron chi connectivity index (χ1n) is 7.09. The zero-order valence-corrected chi connectivity index (χ0v) is 12.1. The first-order valence-corrected chi connectivity index (χ1v) is 7.97. The van der Waals surface area contributed by atoms with Gasteiger partial charge in [-0.1, -0.05) is 0 Å². The lowest BCUT2D eigenvalue weighted by atomic mass is 9.98. The minimum Gasteiger partial charge on any atom is -0.378 e. The summed E-state index contributed by atoms with van der Waals surface area (Å²) < 4.78 is 5.52. The van der Waals surface area contributed by atoms with Gasteiger partial charge in [-0.3, -0.25) is 4.79 Å². The van der Waals surface area contributed by atoms with Crippen LogP contribution in [0.25, 0.3) is 0 Å². The molecule has 4 nitrogen and oxygen atoms in total. The quantitative estimate of drug-likeness (QED) is 0.849. The van der Waals surface area contributed by atoms with Crippen molar-refractivity contribution in [3.63, 3.8) is 0 Å². The average molecular weight is 280 g/mol. The van der Waals surface area contributed by atoms with E-state index in [2.05, 4.69) is 4.98 Å². The van der Waals surface area contributed by atoms with Gasteiger partial charge in [-0.15, -0.1) is 11.3 Å². The number of likely N-dealkylation sites (tertiary alicyclic amines) is 1. The van der Waals surface area contributed by atoms with Crippen LogP contribution in [-0.4, -0.2) is 41.6 Å². The third-order valence-electron chi connectivity index (χ3n) is 3.96. The highest BCUT2D eigenvalue weighted by molar-refractivity contribution is 7.09. The molecule has 1 saturated carbocycles. The molecule has 19 heavy (non-hydrogen) atoms. The third-order valence-corrected chi connectivity index (χ3v) is 4.90. The summed E-state index contributed by atoms with van der Waals surface area (Å²) in [6.07, 6.45) is 5.18. The summed E-state index contributed by atoms with van der Waals surface area (Å²) in [5.41, 5.74) is 0. The van der Waals surface area contributed by atoms with Crippen LogP contribution in [-0.2, 0) is 9.53 Å². The standard InChI is InChI=1S/C14H20N2O2S/c1-2-18-12-8-11(12)14(17)16-6-3-4-10(9-16)13-15-5-7-19-13/h5,7,10-12H,2-4,6,8-9H2,1H3. The second kappa shape index (κ2) is 5.59. The molecule has 2 aliphatic rings. The van der Waals surface area contributed by atoms with Crippen LogP contribution in [0.2, 0.25) is 0 Å². The number of hydrogen-bond acceptors (Lipinski definition) is 4. The molecule has 0 radical (unpaired) electrons. The maximum Gasteiger partial charge on any atom is 0.228 e. The maximum absolute atomic E-state index is 12.4. The lowest BCUT2D eigenvalue weighted by Gasteiger charge is -2.32. The number of hydrogen-bond donors (Lipinski definition) is 0. The van der Waals surface area contributed by atoms with Crippen molar-refractivity contribution in [1.29, 1.82) is 0 Å². The molecule has 1 saturated heterocycles. The zero-order valence-electron chi connectivity index (χ0n) is 11.2. The Bertz CT molecular complexity index is 435. The zero-order chi connectivity index (χ0) is 13.2.